The molecule has 0 saturated carbocycles. The minimum atomic E-state index is -1.08. The number of hydrogen-bond donors (Lipinski definition) is 2. The molecular weight excluding hydrogens is 358 g/mol. The molecule has 0 spiro atoms. The zero-order chi connectivity index (χ0) is 20.2. The Labute approximate surface area is 155 Å². The van der Waals surface area contributed by atoms with Gasteiger partial charge >= 0.3 is 5.97 Å². The average molecular weight is 379 g/mol. The quantitative estimate of drug-likeness (QED) is 0.513. The number of aliphatic carboxylic acids is 1. The van der Waals surface area contributed by atoms with E-state index in [0.717, 1.165) is 4.90 Å². The number of nitro benzene ring substituents is 1. The van der Waals surface area contributed by atoms with Crippen molar-refractivity contribution in [3.63, 3.8) is 0 Å². The second-order valence-corrected chi connectivity index (χ2v) is 6.25. The molecule has 0 aromatic heterocycles. The zero-order valence-corrected chi connectivity index (χ0v) is 15.1. The third kappa shape index (κ3) is 4.15. The van der Waals surface area contributed by atoms with Crippen molar-refractivity contribution < 1.29 is 29.2 Å². The van der Waals surface area contributed by atoms with Crippen LogP contribution in [0.15, 0.2) is 18.2 Å². The molecule has 2 amide bonds. The van der Waals surface area contributed by atoms with Crippen molar-refractivity contribution in [3.05, 3.63) is 28.3 Å². The Kier molecular flexibility index (Phi) is 5.98. The Morgan fingerprint density at radius 3 is 2.59 bits per heavy atom. The number of benzene rings is 1. The lowest BCUT2D eigenvalue weighted by molar-refractivity contribution is -0.384. The van der Waals surface area contributed by atoms with Crippen LogP contribution in [-0.2, 0) is 14.4 Å². The molecule has 0 bridgehead atoms. The van der Waals surface area contributed by atoms with Crippen LogP contribution in [0.2, 0.25) is 0 Å². The number of non-ortho nitro benzene ring substituents is 1. The van der Waals surface area contributed by atoms with Gasteiger partial charge in [-0.2, -0.15) is 0 Å². The third-order valence-electron chi connectivity index (χ3n) is 4.83. The molecule has 0 aliphatic carbocycles. The monoisotopic (exact) mass is 379 g/mol. The van der Waals surface area contributed by atoms with Crippen LogP contribution < -0.4 is 15.0 Å². The molecule has 0 atom stereocenters. The Hall–Kier alpha value is -3.17. The Morgan fingerprint density at radius 2 is 2.04 bits per heavy atom. The number of rotatable bonds is 8. The summed E-state index contributed by atoms with van der Waals surface area (Å²) >= 11 is 0. The molecule has 1 aliphatic heterocycles. The van der Waals surface area contributed by atoms with E-state index in [-0.39, 0.29) is 36.8 Å². The smallest absolute Gasteiger partial charge is 0.311 e. The molecule has 2 N–H and O–H groups in total. The molecule has 27 heavy (non-hydrogen) atoms. The van der Waals surface area contributed by atoms with Gasteiger partial charge in [0.2, 0.25) is 5.91 Å². The number of ether oxygens (including phenoxy) is 1. The normalized spacial score (nSPS) is 13.6. The SMILES string of the molecule is CCC(CC)(CNC(=O)CN1C(=O)COc2ccc([N+](=O)[O-])cc21)C(=O)O. The molecule has 1 aromatic carbocycles. The highest BCUT2D eigenvalue weighted by Gasteiger charge is 2.36. The third-order valence-corrected chi connectivity index (χ3v) is 4.83. The van der Waals surface area contributed by atoms with E-state index in [9.17, 15) is 29.6 Å². The molecule has 0 fully saturated rings. The summed E-state index contributed by atoms with van der Waals surface area (Å²) < 4.78 is 5.24. The second kappa shape index (κ2) is 8.02. The van der Waals surface area contributed by atoms with Gasteiger partial charge in [0.15, 0.2) is 6.61 Å². The number of nitrogens with one attached hydrogen (secondary N) is 1. The summed E-state index contributed by atoms with van der Waals surface area (Å²) in [5.74, 6) is -1.82. The van der Waals surface area contributed by atoms with Crippen LogP contribution in [0.5, 0.6) is 5.75 Å². The molecule has 146 valence electrons. The summed E-state index contributed by atoms with van der Waals surface area (Å²) in [6.07, 6.45) is 0.676. The summed E-state index contributed by atoms with van der Waals surface area (Å²) in [5.41, 5.74) is -1.19. The van der Waals surface area contributed by atoms with Crippen LogP contribution in [0.25, 0.3) is 0 Å². The van der Waals surface area contributed by atoms with Gasteiger partial charge in [-0.25, -0.2) is 0 Å². The van der Waals surface area contributed by atoms with Crippen LogP contribution in [0, 0.1) is 15.5 Å². The predicted octanol–water partition coefficient (Wildman–Crippen LogP) is 1.33. The molecule has 10 nitrogen and oxygen atoms in total. The van der Waals surface area contributed by atoms with Crippen LogP contribution in [0.1, 0.15) is 26.7 Å². The summed E-state index contributed by atoms with van der Waals surface area (Å²) in [7, 11) is 0. The van der Waals surface area contributed by atoms with E-state index >= 15 is 0 Å². The maximum absolute atomic E-state index is 12.3. The van der Waals surface area contributed by atoms with Gasteiger partial charge in [-0.1, -0.05) is 13.8 Å². The van der Waals surface area contributed by atoms with Gasteiger partial charge in [0, 0.05) is 18.7 Å². The highest BCUT2D eigenvalue weighted by atomic mass is 16.6. The van der Waals surface area contributed by atoms with Crippen molar-refractivity contribution in [1.29, 1.82) is 0 Å². The molecule has 1 aromatic rings. The van der Waals surface area contributed by atoms with Gasteiger partial charge in [-0.05, 0) is 18.9 Å². The molecule has 1 aliphatic rings. The number of carboxylic acids is 1. The maximum Gasteiger partial charge on any atom is 0.311 e. The zero-order valence-electron chi connectivity index (χ0n) is 15.1. The average Bonchev–Trinajstić information content (AvgIpc) is 2.64. The Bertz CT molecular complexity index is 774. The van der Waals surface area contributed by atoms with Crippen molar-refractivity contribution in [2.75, 3.05) is 24.6 Å². The van der Waals surface area contributed by atoms with Gasteiger partial charge in [0.25, 0.3) is 11.6 Å². The number of carboxylic acid groups (broad SMARTS) is 1. The van der Waals surface area contributed by atoms with Gasteiger partial charge in [0.05, 0.1) is 16.0 Å². The van der Waals surface area contributed by atoms with Gasteiger partial charge in [-0.15, -0.1) is 0 Å². The van der Waals surface area contributed by atoms with E-state index in [1.54, 1.807) is 13.8 Å². The van der Waals surface area contributed by atoms with Crippen LogP contribution >= 0.6 is 0 Å². The van der Waals surface area contributed by atoms with Crippen LogP contribution in [0.3, 0.4) is 0 Å². The summed E-state index contributed by atoms with van der Waals surface area (Å²) in [6, 6.07) is 3.78. The maximum atomic E-state index is 12.3. The van der Waals surface area contributed by atoms with E-state index in [2.05, 4.69) is 5.32 Å². The number of nitrogens with zero attached hydrogens (tertiary/aromatic N) is 2. The number of nitro groups is 1. The van der Waals surface area contributed by atoms with Crippen molar-refractivity contribution in [2.45, 2.75) is 26.7 Å². The lowest BCUT2D eigenvalue weighted by Gasteiger charge is -2.30. The minimum absolute atomic E-state index is 0.0749. The number of carbonyl (C=O) groups excluding carboxylic acids is 2. The first-order chi connectivity index (χ1) is 12.7. The largest absolute Gasteiger partial charge is 0.482 e. The number of fused-ring (bicyclic) bond motifs is 1. The first kappa shape index (κ1) is 20.1. The molecule has 2 rings (SSSR count). The highest BCUT2D eigenvalue weighted by molar-refractivity contribution is 6.02. The molecule has 0 saturated heterocycles. The topological polar surface area (TPSA) is 139 Å². The fourth-order valence-corrected chi connectivity index (χ4v) is 2.82. The summed E-state index contributed by atoms with van der Waals surface area (Å²) in [6.45, 7) is 2.70. The summed E-state index contributed by atoms with van der Waals surface area (Å²) in [5, 5.41) is 22.9. The number of anilines is 1. The van der Waals surface area contributed by atoms with E-state index < -0.39 is 28.1 Å². The Morgan fingerprint density at radius 1 is 1.37 bits per heavy atom. The van der Waals surface area contributed by atoms with Crippen molar-refractivity contribution >= 4 is 29.2 Å². The predicted molar refractivity (Wildman–Crippen MR) is 94.6 cm³/mol. The standard InChI is InChI=1S/C17H21N3O7/c1-3-17(4-2,16(23)24)10-18-14(21)8-19-12-7-11(20(25)26)5-6-13(12)27-9-15(19)22/h5-7H,3-4,8-10H2,1-2H3,(H,18,21)(H,23,24). The molecular formula is C17H21N3O7. The molecule has 0 unspecified atom stereocenters. The lowest BCUT2D eigenvalue weighted by Crippen LogP contribution is -2.48. The lowest BCUT2D eigenvalue weighted by atomic mass is 9.82. The molecule has 0 radical (unpaired) electrons. The van der Waals surface area contributed by atoms with Crippen molar-refractivity contribution in [3.8, 4) is 5.75 Å². The van der Waals surface area contributed by atoms with Crippen LogP contribution in [0.4, 0.5) is 11.4 Å². The fourth-order valence-electron chi connectivity index (χ4n) is 2.82. The number of amides is 2. The van der Waals surface area contributed by atoms with Gasteiger partial charge in [-0.3, -0.25) is 29.4 Å². The van der Waals surface area contributed by atoms with E-state index in [4.69, 9.17) is 4.74 Å². The van der Waals surface area contributed by atoms with Gasteiger partial charge in [0.1, 0.15) is 12.3 Å². The highest BCUT2D eigenvalue weighted by Crippen LogP contribution is 2.35. The van der Waals surface area contributed by atoms with E-state index in [1.807, 2.05) is 0 Å². The minimum Gasteiger partial charge on any atom is -0.482 e. The number of carbonyl (C=O) groups is 3. The van der Waals surface area contributed by atoms with E-state index in [1.165, 1.54) is 18.2 Å². The van der Waals surface area contributed by atoms with E-state index in [0.29, 0.717) is 12.8 Å². The molecule has 10 heteroatoms. The van der Waals surface area contributed by atoms with Crippen molar-refractivity contribution in [1.82, 2.24) is 5.32 Å². The first-order valence-corrected chi connectivity index (χ1v) is 8.45. The van der Waals surface area contributed by atoms with Crippen molar-refractivity contribution in [2.24, 2.45) is 5.41 Å². The van der Waals surface area contributed by atoms with Crippen LogP contribution in [-0.4, -0.2) is 47.5 Å². The Balaban J connectivity index is 2.16. The second-order valence-electron chi connectivity index (χ2n) is 6.25. The molecule has 1 heterocycles. The van der Waals surface area contributed by atoms with Gasteiger partial charge < -0.3 is 15.2 Å². The number of hydrogen-bond acceptors (Lipinski definition) is 6. The first-order valence-electron chi connectivity index (χ1n) is 8.45. The fraction of sp³-hybridized carbons (Fsp3) is 0.471. The summed E-state index contributed by atoms with van der Waals surface area (Å²) in [4.78, 5) is 47.4.